The zero-order valence-corrected chi connectivity index (χ0v) is 21.6. The minimum Gasteiger partial charge on any atom is -0.357 e. The van der Waals surface area contributed by atoms with E-state index in [4.69, 9.17) is 0 Å². The van der Waals surface area contributed by atoms with Gasteiger partial charge in [-0.1, -0.05) is 71.0 Å². The number of anilines is 2. The molecule has 5 heteroatoms. The normalized spacial score (nSPS) is 21.6. The van der Waals surface area contributed by atoms with Gasteiger partial charge in [-0.05, 0) is 53.4 Å². The van der Waals surface area contributed by atoms with Gasteiger partial charge in [-0.25, -0.2) is 0 Å². The Bertz CT molecular complexity index is 1180. The summed E-state index contributed by atoms with van der Waals surface area (Å²) in [7, 11) is 0. The molecule has 35 heavy (non-hydrogen) atoms. The van der Waals surface area contributed by atoms with Gasteiger partial charge >= 0.3 is 0 Å². The lowest BCUT2D eigenvalue weighted by molar-refractivity contribution is -0.120. The van der Waals surface area contributed by atoms with Gasteiger partial charge in [0.1, 0.15) is 0 Å². The van der Waals surface area contributed by atoms with Crippen LogP contribution in [0.15, 0.2) is 59.8 Å². The SMILES string of the molecule is CC1(C)CC(=O)C2=C(C1)Nc1ccccc1N(CC(=O)NC1CC1)C2c1ccc(C(C)(C)C)cc1. The third-order valence-corrected chi connectivity index (χ3v) is 7.35. The van der Waals surface area contributed by atoms with Crippen LogP contribution in [0.5, 0.6) is 0 Å². The molecule has 1 fully saturated rings. The zero-order chi connectivity index (χ0) is 25.0. The number of hydrogen-bond donors (Lipinski definition) is 2. The Balaban J connectivity index is 1.66. The van der Waals surface area contributed by atoms with Crippen molar-refractivity contribution in [1.82, 2.24) is 5.32 Å². The number of allylic oxidation sites excluding steroid dienone is 1. The predicted octanol–water partition coefficient (Wildman–Crippen LogP) is 5.88. The van der Waals surface area contributed by atoms with Crippen molar-refractivity contribution in [3.63, 3.8) is 0 Å². The van der Waals surface area contributed by atoms with E-state index in [2.05, 4.69) is 80.5 Å². The van der Waals surface area contributed by atoms with E-state index in [1.807, 2.05) is 18.2 Å². The third-order valence-electron chi connectivity index (χ3n) is 7.35. The van der Waals surface area contributed by atoms with Crippen LogP contribution >= 0.6 is 0 Å². The molecule has 1 unspecified atom stereocenters. The molecule has 1 saturated carbocycles. The van der Waals surface area contributed by atoms with Crippen LogP contribution in [-0.2, 0) is 15.0 Å². The molecule has 0 aromatic heterocycles. The second-order valence-electron chi connectivity index (χ2n) is 12.2. The van der Waals surface area contributed by atoms with E-state index >= 15 is 0 Å². The molecule has 0 bridgehead atoms. The van der Waals surface area contributed by atoms with Crippen molar-refractivity contribution >= 4 is 23.1 Å². The quantitative estimate of drug-likeness (QED) is 0.585. The van der Waals surface area contributed by atoms with Crippen molar-refractivity contribution in [2.24, 2.45) is 5.41 Å². The zero-order valence-electron chi connectivity index (χ0n) is 21.6. The molecule has 2 aromatic rings. The molecule has 1 aliphatic heterocycles. The topological polar surface area (TPSA) is 61.4 Å². The van der Waals surface area contributed by atoms with Crippen molar-refractivity contribution < 1.29 is 9.59 Å². The largest absolute Gasteiger partial charge is 0.357 e. The van der Waals surface area contributed by atoms with Gasteiger partial charge in [0, 0.05) is 23.7 Å². The molecule has 5 nitrogen and oxygen atoms in total. The Labute approximate surface area is 209 Å². The molecule has 3 aliphatic rings. The number of carbonyl (C=O) groups is 2. The number of fused-ring (bicyclic) bond motifs is 1. The molecule has 1 atom stereocenters. The maximum atomic E-state index is 13.8. The number of ketones is 1. The fourth-order valence-corrected chi connectivity index (χ4v) is 5.39. The highest BCUT2D eigenvalue weighted by molar-refractivity contribution is 6.01. The lowest BCUT2D eigenvalue weighted by Crippen LogP contribution is -2.42. The second kappa shape index (κ2) is 8.54. The number of carbonyl (C=O) groups excluding carboxylic acids is 2. The summed E-state index contributed by atoms with van der Waals surface area (Å²) < 4.78 is 0. The number of para-hydroxylation sites is 2. The molecule has 2 aromatic carbocycles. The van der Waals surface area contributed by atoms with Crippen LogP contribution in [0.1, 0.15) is 77.5 Å². The van der Waals surface area contributed by atoms with E-state index in [1.165, 1.54) is 5.56 Å². The van der Waals surface area contributed by atoms with E-state index in [0.29, 0.717) is 12.5 Å². The van der Waals surface area contributed by atoms with Crippen LogP contribution in [0.2, 0.25) is 0 Å². The van der Waals surface area contributed by atoms with Gasteiger partial charge in [0.15, 0.2) is 5.78 Å². The molecule has 184 valence electrons. The molecular formula is C30H37N3O2. The van der Waals surface area contributed by atoms with Crippen LogP contribution in [0.4, 0.5) is 11.4 Å². The Hall–Kier alpha value is -3.08. The number of benzene rings is 2. The monoisotopic (exact) mass is 471 g/mol. The summed E-state index contributed by atoms with van der Waals surface area (Å²) in [5.41, 5.74) is 5.87. The molecule has 0 spiro atoms. The number of rotatable bonds is 4. The smallest absolute Gasteiger partial charge is 0.239 e. The van der Waals surface area contributed by atoms with Crippen LogP contribution in [0, 0.1) is 5.41 Å². The first-order valence-electron chi connectivity index (χ1n) is 12.8. The van der Waals surface area contributed by atoms with Gasteiger partial charge in [0.25, 0.3) is 0 Å². The molecular weight excluding hydrogens is 434 g/mol. The molecule has 2 aliphatic carbocycles. The maximum absolute atomic E-state index is 13.8. The number of nitrogens with one attached hydrogen (secondary N) is 2. The van der Waals surface area contributed by atoms with Gasteiger partial charge in [-0.3, -0.25) is 9.59 Å². The summed E-state index contributed by atoms with van der Waals surface area (Å²) in [5.74, 6) is 0.167. The number of amides is 1. The van der Waals surface area contributed by atoms with E-state index in [-0.39, 0.29) is 35.1 Å². The van der Waals surface area contributed by atoms with E-state index in [1.54, 1.807) is 0 Å². The fourth-order valence-electron chi connectivity index (χ4n) is 5.39. The summed E-state index contributed by atoms with van der Waals surface area (Å²) in [4.78, 5) is 29.0. The second-order valence-corrected chi connectivity index (χ2v) is 12.2. The third kappa shape index (κ3) is 4.86. The van der Waals surface area contributed by atoms with E-state index < -0.39 is 0 Å². The summed E-state index contributed by atoms with van der Waals surface area (Å²) in [6.07, 6.45) is 3.39. The van der Waals surface area contributed by atoms with E-state index in [9.17, 15) is 9.59 Å². The Morgan fingerprint density at radius 3 is 2.40 bits per heavy atom. The highest BCUT2D eigenvalue weighted by atomic mass is 16.2. The lowest BCUT2D eigenvalue weighted by Gasteiger charge is -2.38. The minimum atomic E-state index is -0.330. The highest BCUT2D eigenvalue weighted by Crippen LogP contribution is 2.48. The van der Waals surface area contributed by atoms with Crippen molar-refractivity contribution in [1.29, 1.82) is 0 Å². The summed E-state index contributed by atoms with van der Waals surface area (Å²) in [6, 6.07) is 16.7. The molecule has 1 amide bonds. The first kappa shape index (κ1) is 23.7. The molecule has 2 N–H and O–H groups in total. The Morgan fingerprint density at radius 2 is 1.74 bits per heavy atom. The van der Waals surface area contributed by atoms with Crippen LogP contribution in [0.25, 0.3) is 0 Å². The summed E-state index contributed by atoms with van der Waals surface area (Å²) in [5, 5.41) is 6.77. The lowest BCUT2D eigenvalue weighted by atomic mass is 9.73. The molecule has 0 radical (unpaired) electrons. The van der Waals surface area contributed by atoms with Crippen molar-refractivity contribution in [2.45, 2.75) is 77.8 Å². The standard InChI is InChI=1S/C30H37N3O2/c1-29(2,3)20-12-10-19(11-13-20)28-27-23(16-30(4,5)17-25(27)34)32-22-8-6-7-9-24(22)33(28)18-26(35)31-21-14-15-21/h6-13,21,28,32H,14-18H2,1-5H3,(H,31,35). The fraction of sp³-hybridized carbons (Fsp3) is 0.467. The van der Waals surface area contributed by atoms with Gasteiger partial charge in [-0.2, -0.15) is 0 Å². The van der Waals surface area contributed by atoms with E-state index in [0.717, 1.165) is 47.5 Å². The number of hydrogen-bond acceptors (Lipinski definition) is 4. The number of nitrogens with zero attached hydrogens (tertiary/aromatic N) is 1. The summed E-state index contributed by atoms with van der Waals surface area (Å²) >= 11 is 0. The van der Waals surface area contributed by atoms with Crippen LogP contribution < -0.4 is 15.5 Å². The van der Waals surface area contributed by atoms with Crippen LogP contribution in [0.3, 0.4) is 0 Å². The first-order chi connectivity index (χ1) is 16.5. The molecule has 5 rings (SSSR count). The average molecular weight is 472 g/mol. The van der Waals surface area contributed by atoms with Crippen molar-refractivity contribution in [2.75, 3.05) is 16.8 Å². The number of Topliss-reactive ketones (excluding diaryl/α,β-unsaturated/α-hetero) is 1. The Kier molecular flexibility index (Phi) is 5.77. The van der Waals surface area contributed by atoms with Crippen LogP contribution in [-0.4, -0.2) is 24.3 Å². The molecule has 1 heterocycles. The van der Waals surface area contributed by atoms with Crippen molar-refractivity contribution in [3.8, 4) is 0 Å². The predicted molar refractivity (Wildman–Crippen MR) is 142 cm³/mol. The molecule has 0 saturated heterocycles. The first-order valence-corrected chi connectivity index (χ1v) is 12.8. The maximum Gasteiger partial charge on any atom is 0.239 e. The van der Waals surface area contributed by atoms with Crippen molar-refractivity contribution in [3.05, 3.63) is 70.9 Å². The minimum absolute atomic E-state index is 0.00579. The van der Waals surface area contributed by atoms with Gasteiger partial charge in [0.05, 0.1) is 24.0 Å². The van der Waals surface area contributed by atoms with Gasteiger partial charge < -0.3 is 15.5 Å². The highest BCUT2D eigenvalue weighted by Gasteiger charge is 2.42. The van der Waals surface area contributed by atoms with Gasteiger partial charge in [-0.15, -0.1) is 0 Å². The summed E-state index contributed by atoms with van der Waals surface area (Å²) in [6.45, 7) is 11.1. The Morgan fingerprint density at radius 1 is 1.06 bits per heavy atom. The average Bonchev–Trinajstić information content (AvgIpc) is 3.59. The van der Waals surface area contributed by atoms with Gasteiger partial charge in [0.2, 0.25) is 5.91 Å².